The molecule has 1 N–H and O–H groups in total. The highest BCUT2D eigenvalue weighted by molar-refractivity contribution is 6.30. The maximum atomic E-state index is 13.1. The topological polar surface area (TPSA) is 35.6 Å². The Morgan fingerprint density at radius 3 is 2.27 bits per heavy atom. The Morgan fingerprint density at radius 1 is 0.967 bits per heavy atom. The van der Waals surface area contributed by atoms with Crippen LogP contribution in [0.3, 0.4) is 0 Å². The third-order valence-corrected chi connectivity index (χ3v) is 6.67. The summed E-state index contributed by atoms with van der Waals surface area (Å²) < 4.78 is 0. The Kier molecular flexibility index (Phi) is 7.19. The summed E-state index contributed by atoms with van der Waals surface area (Å²) in [6.07, 6.45) is 4.21. The van der Waals surface area contributed by atoms with Gasteiger partial charge in [0.15, 0.2) is 0 Å². The molecule has 2 heterocycles. The van der Waals surface area contributed by atoms with Crippen LogP contribution >= 0.6 is 23.2 Å². The number of likely N-dealkylation sites (tertiary alicyclic amines) is 1. The van der Waals surface area contributed by atoms with Gasteiger partial charge in [-0.15, -0.1) is 0 Å². The summed E-state index contributed by atoms with van der Waals surface area (Å²) >= 11 is 12.0. The number of carbonyl (C=O) groups is 1. The van der Waals surface area contributed by atoms with Crippen LogP contribution in [0.2, 0.25) is 10.0 Å². The number of nitrogens with zero attached hydrogens (tertiary/aromatic N) is 2. The second-order valence-electron chi connectivity index (χ2n) is 8.45. The number of hydrogen-bond acceptors (Lipinski definition) is 3. The Bertz CT molecular complexity index is 835. The zero-order valence-electron chi connectivity index (χ0n) is 17.2. The first-order valence-corrected chi connectivity index (χ1v) is 11.6. The first-order valence-electron chi connectivity index (χ1n) is 10.8. The molecule has 4 nitrogen and oxygen atoms in total. The third-order valence-electron chi connectivity index (χ3n) is 6.17. The molecule has 2 fully saturated rings. The fourth-order valence-electron chi connectivity index (χ4n) is 4.52. The summed E-state index contributed by atoms with van der Waals surface area (Å²) in [7, 11) is 0. The first kappa shape index (κ1) is 21.5. The largest absolute Gasteiger partial charge is 0.371 e. The highest BCUT2D eigenvalue weighted by atomic mass is 35.5. The lowest BCUT2D eigenvalue weighted by Crippen LogP contribution is -2.46. The zero-order chi connectivity index (χ0) is 20.9. The summed E-state index contributed by atoms with van der Waals surface area (Å²) in [6.45, 7) is 4.81. The van der Waals surface area contributed by atoms with Gasteiger partial charge in [0.05, 0.1) is 5.92 Å². The molecule has 0 aliphatic carbocycles. The Balaban J connectivity index is 1.37. The van der Waals surface area contributed by atoms with Gasteiger partial charge < -0.3 is 15.1 Å². The molecule has 2 saturated heterocycles. The van der Waals surface area contributed by atoms with Crippen molar-refractivity contribution >= 4 is 34.8 Å². The van der Waals surface area contributed by atoms with E-state index >= 15 is 0 Å². The van der Waals surface area contributed by atoms with Crippen LogP contribution in [0.15, 0.2) is 48.5 Å². The van der Waals surface area contributed by atoms with Crippen molar-refractivity contribution in [2.45, 2.75) is 31.7 Å². The van der Waals surface area contributed by atoms with Crippen molar-refractivity contribution in [3.05, 3.63) is 64.1 Å². The average molecular weight is 446 g/mol. The molecule has 2 atom stereocenters. The summed E-state index contributed by atoms with van der Waals surface area (Å²) in [5.74, 6) is 0.191. The molecule has 30 heavy (non-hydrogen) atoms. The van der Waals surface area contributed by atoms with E-state index in [4.69, 9.17) is 23.2 Å². The minimum Gasteiger partial charge on any atom is -0.371 e. The van der Waals surface area contributed by atoms with Gasteiger partial charge in [0.1, 0.15) is 0 Å². The Hall–Kier alpha value is -1.75. The van der Waals surface area contributed by atoms with E-state index in [-0.39, 0.29) is 17.9 Å². The van der Waals surface area contributed by atoms with Crippen molar-refractivity contribution < 1.29 is 4.79 Å². The van der Waals surface area contributed by atoms with E-state index in [2.05, 4.69) is 27.2 Å². The second kappa shape index (κ2) is 10.0. The quantitative estimate of drug-likeness (QED) is 0.673. The van der Waals surface area contributed by atoms with Crippen LogP contribution in [0, 0.1) is 5.92 Å². The lowest BCUT2D eigenvalue weighted by atomic mass is 10.0. The van der Waals surface area contributed by atoms with Gasteiger partial charge in [-0.1, -0.05) is 35.3 Å². The summed E-state index contributed by atoms with van der Waals surface area (Å²) in [6, 6.07) is 15.9. The molecule has 0 bridgehead atoms. The predicted octanol–water partition coefficient (Wildman–Crippen LogP) is 4.64. The molecule has 0 spiro atoms. The standard InChI is InChI=1S/C24H29Cl2N3O/c25-20-5-3-18(4-6-20)15-22(17-28-12-1-2-13-28)27-24(30)19-11-14-29(16-19)23-9-7-21(26)8-10-23/h3-10,19,22H,1-2,11-17H2,(H,27,30). The second-order valence-corrected chi connectivity index (χ2v) is 9.32. The monoisotopic (exact) mass is 445 g/mol. The fraction of sp³-hybridized carbons (Fsp3) is 0.458. The predicted molar refractivity (Wildman–Crippen MR) is 125 cm³/mol. The van der Waals surface area contributed by atoms with Crippen molar-refractivity contribution in [3.63, 3.8) is 0 Å². The fourth-order valence-corrected chi connectivity index (χ4v) is 4.77. The molecule has 2 aliphatic heterocycles. The molecule has 0 saturated carbocycles. The van der Waals surface area contributed by atoms with Gasteiger partial charge in [0.25, 0.3) is 0 Å². The maximum absolute atomic E-state index is 13.1. The van der Waals surface area contributed by atoms with Crippen LogP contribution in [0.25, 0.3) is 0 Å². The van der Waals surface area contributed by atoms with E-state index < -0.39 is 0 Å². The van der Waals surface area contributed by atoms with Crippen molar-refractivity contribution in [1.29, 1.82) is 0 Å². The van der Waals surface area contributed by atoms with Gasteiger partial charge in [0, 0.05) is 41.4 Å². The highest BCUT2D eigenvalue weighted by Gasteiger charge is 2.30. The molecule has 6 heteroatoms. The van der Waals surface area contributed by atoms with Crippen molar-refractivity contribution in [3.8, 4) is 0 Å². The summed E-state index contributed by atoms with van der Waals surface area (Å²) in [5.41, 5.74) is 2.34. The minimum atomic E-state index is 0.0203. The van der Waals surface area contributed by atoms with Crippen LogP contribution in [0.1, 0.15) is 24.8 Å². The van der Waals surface area contributed by atoms with Crippen LogP contribution in [0.5, 0.6) is 0 Å². The highest BCUT2D eigenvalue weighted by Crippen LogP contribution is 2.25. The number of amides is 1. The molecular formula is C24H29Cl2N3O. The van der Waals surface area contributed by atoms with Gasteiger partial charge in [-0.2, -0.15) is 0 Å². The van der Waals surface area contributed by atoms with E-state index in [0.29, 0.717) is 0 Å². The molecule has 1 amide bonds. The number of carbonyl (C=O) groups excluding carboxylic acids is 1. The first-order chi connectivity index (χ1) is 14.6. The zero-order valence-corrected chi connectivity index (χ0v) is 18.7. The molecule has 2 unspecified atom stereocenters. The molecule has 0 radical (unpaired) electrons. The van der Waals surface area contributed by atoms with Gasteiger partial charge in [-0.3, -0.25) is 4.79 Å². The molecule has 2 aliphatic rings. The third kappa shape index (κ3) is 5.69. The number of hydrogen-bond donors (Lipinski definition) is 1. The Morgan fingerprint density at radius 2 is 1.60 bits per heavy atom. The number of benzene rings is 2. The van der Waals surface area contributed by atoms with Gasteiger partial charge in [0.2, 0.25) is 5.91 Å². The maximum Gasteiger partial charge on any atom is 0.225 e. The molecule has 2 aromatic carbocycles. The van der Waals surface area contributed by atoms with E-state index in [0.717, 1.165) is 61.3 Å². The lowest BCUT2D eigenvalue weighted by Gasteiger charge is -2.26. The van der Waals surface area contributed by atoms with Crippen molar-refractivity contribution in [1.82, 2.24) is 10.2 Å². The van der Waals surface area contributed by atoms with Crippen LogP contribution in [-0.2, 0) is 11.2 Å². The van der Waals surface area contributed by atoms with Crippen LogP contribution in [-0.4, -0.2) is 49.6 Å². The van der Waals surface area contributed by atoms with Gasteiger partial charge in [-0.25, -0.2) is 0 Å². The van der Waals surface area contributed by atoms with Crippen LogP contribution < -0.4 is 10.2 Å². The van der Waals surface area contributed by atoms with E-state index in [1.54, 1.807) is 0 Å². The van der Waals surface area contributed by atoms with E-state index in [1.807, 2.05) is 36.4 Å². The number of halogens is 2. The summed E-state index contributed by atoms with van der Waals surface area (Å²) in [5, 5.41) is 4.85. The Labute approximate surface area is 189 Å². The van der Waals surface area contributed by atoms with Gasteiger partial charge in [-0.05, 0) is 80.7 Å². The number of nitrogens with one attached hydrogen (secondary N) is 1. The van der Waals surface area contributed by atoms with E-state index in [1.165, 1.54) is 18.4 Å². The van der Waals surface area contributed by atoms with Crippen molar-refractivity contribution in [2.24, 2.45) is 5.92 Å². The number of anilines is 1. The number of rotatable bonds is 7. The SMILES string of the molecule is O=C(NC(Cc1ccc(Cl)cc1)CN1CCCC1)C1CCN(c2ccc(Cl)cc2)C1. The minimum absolute atomic E-state index is 0.0203. The smallest absolute Gasteiger partial charge is 0.225 e. The molecule has 0 aromatic heterocycles. The summed E-state index contributed by atoms with van der Waals surface area (Å²) in [4.78, 5) is 17.8. The average Bonchev–Trinajstić information content (AvgIpc) is 3.42. The van der Waals surface area contributed by atoms with Crippen molar-refractivity contribution in [2.75, 3.05) is 37.6 Å². The molecule has 2 aromatic rings. The molecular weight excluding hydrogens is 417 g/mol. The van der Waals surface area contributed by atoms with Crippen LogP contribution in [0.4, 0.5) is 5.69 Å². The lowest BCUT2D eigenvalue weighted by molar-refractivity contribution is -0.125. The van der Waals surface area contributed by atoms with E-state index in [9.17, 15) is 4.79 Å². The molecule has 160 valence electrons. The molecule has 4 rings (SSSR count). The normalized spacial score (nSPS) is 20.5. The van der Waals surface area contributed by atoms with Gasteiger partial charge >= 0.3 is 0 Å².